The molecule has 0 aliphatic carbocycles. The lowest BCUT2D eigenvalue weighted by Gasteiger charge is -2.09. The first-order valence-corrected chi connectivity index (χ1v) is 5.73. The third-order valence-corrected chi connectivity index (χ3v) is 2.45. The Hall–Kier alpha value is -2.08. The predicted octanol–water partition coefficient (Wildman–Crippen LogP) is 2.33. The highest BCUT2D eigenvalue weighted by Crippen LogP contribution is 2.13. The van der Waals surface area contributed by atoms with Gasteiger partial charge in [-0.25, -0.2) is 9.59 Å². The zero-order valence-corrected chi connectivity index (χ0v) is 10.8. The lowest BCUT2D eigenvalue weighted by molar-refractivity contribution is 0.0627. The van der Waals surface area contributed by atoms with Crippen LogP contribution in [0.3, 0.4) is 0 Å². The van der Waals surface area contributed by atoms with Gasteiger partial charge in [-0.15, -0.1) is 0 Å². The van der Waals surface area contributed by atoms with Crippen molar-refractivity contribution in [2.45, 2.75) is 19.4 Å². The number of carbonyl (C=O) groups is 2. The number of carboxylic acids is 1. The molecule has 0 aliphatic rings. The molecule has 0 saturated carbocycles. The molecular formula is C13H16O6. The molecule has 0 radical (unpaired) electrons. The van der Waals surface area contributed by atoms with E-state index in [2.05, 4.69) is 0 Å². The molecule has 0 aromatic heterocycles. The molecule has 104 valence electrons. The number of aromatic carboxylic acids is 1. The van der Waals surface area contributed by atoms with Gasteiger partial charge < -0.3 is 19.3 Å². The van der Waals surface area contributed by atoms with Crippen LogP contribution in [0.4, 0.5) is 4.79 Å². The first-order chi connectivity index (χ1) is 9.02. The number of hydrogen-bond donors (Lipinski definition) is 1. The SMILES string of the molecule is COC(C)CCOC(=O)Oc1ccc(C(=O)O)cc1. The lowest BCUT2D eigenvalue weighted by atomic mass is 10.2. The Morgan fingerprint density at radius 1 is 1.26 bits per heavy atom. The van der Waals surface area contributed by atoms with Crippen molar-refractivity contribution < 1.29 is 28.9 Å². The van der Waals surface area contributed by atoms with Crippen molar-refractivity contribution in [3.05, 3.63) is 29.8 Å². The molecule has 1 unspecified atom stereocenters. The third-order valence-electron chi connectivity index (χ3n) is 2.45. The fourth-order valence-corrected chi connectivity index (χ4v) is 1.22. The van der Waals surface area contributed by atoms with Gasteiger partial charge in [-0.3, -0.25) is 0 Å². The van der Waals surface area contributed by atoms with E-state index in [4.69, 9.17) is 19.3 Å². The average Bonchev–Trinajstić information content (AvgIpc) is 2.39. The van der Waals surface area contributed by atoms with E-state index in [1.807, 2.05) is 6.92 Å². The van der Waals surface area contributed by atoms with Crippen LogP contribution >= 0.6 is 0 Å². The van der Waals surface area contributed by atoms with Gasteiger partial charge in [-0.2, -0.15) is 0 Å². The molecule has 0 spiro atoms. The normalized spacial score (nSPS) is 11.7. The second-order valence-corrected chi connectivity index (χ2v) is 3.87. The van der Waals surface area contributed by atoms with Crippen molar-refractivity contribution in [3.8, 4) is 5.75 Å². The zero-order valence-electron chi connectivity index (χ0n) is 10.8. The van der Waals surface area contributed by atoms with Crippen LogP contribution in [-0.2, 0) is 9.47 Å². The highest BCUT2D eigenvalue weighted by atomic mass is 16.7. The second-order valence-electron chi connectivity index (χ2n) is 3.87. The van der Waals surface area contributed by atoms with Crippen LogP contribution in [0, 0.1) is 0 Å². The Bertz CT molecular complexity index is 425. The van der Waals surface area contributed by atoms with Crippen molar-refractivity contribution in [2.24, 2.45) is 0 Å². The minimum Gasteiger partial charge on any atom is -0.478 e. The molecule has 0 fully saturated rings. The van der Waals surface area contributed by atoms with Gasteiger partial charge in [0.05, 0.1) is 18.3 Å². The number of benzene rings is 1. The molecule has 1 aromatic rings. The van der Waals surface area contributed by atoms with Crippen LogP contribution in [-0.4, -0.2) is 37.1 Å². The molecular weight excluding hydrogens is 252 g/mol. The molecule has 1 aromatic carbocycles. The summed E-state index contributed by atoms with van der Waals surface area (Å²) in [5.74, 6) is -0.808. The molecule has 6 nitrogen and oxygen atoms in total. The van der Waals surface area contributed by atoms with Crippen LogP contribution in [0.5, 0.6) is 5.75 Å². The summed E-state index contributed by atoms with van der Waals surface area (Å²) < 4.78 is 14.7. The van der Waals surface area contributed by atoms with Crippen molar-refractivity contribution in [1.82, 2.24) is 0 Å². The fraction of sp³-hybridized carbons (Fsp3) is 0.385. The van der Waals surface area contributed by atoms with Gasteiger partial charge in [-0.1, -0.05) is 0 Å². The van der Waals surface area contributed by atoms with Crippen LogP contribution in [0.25, 0.3) is 0 Å². The largest absolute Gasteiger partial charge is 0.513 e. The summed E-state index contributed by atoms with van der Waals surface area (Å²) in [6, 6.07) is 5.47. The monoisotopic (exact) mass is 268 g/mol. The minimum absolute atomic E-state index is 0.00245. The molecule has 1 N–H and O–H groups in total. The smallest absolute Gasteiger partial charge is 0.478 e. The molecule has 0 aliphatic heterocycles. The van der Waals surface area contributed by atoms with E-state index in [0.717, 1.165) is 0 Å². The number of methoxy groups -OCH3 is 1. The maximum atomic E-state index is 11.3. The molecule has 0 amide bonds. The molecule has 0 heterocycles. The number of hydrogen-bond acceptors (Lipinski definition) is 5. The van der Waals surface area contributed by atoms with Gasteiger partial charge in [0.15, 0.2) is 0 Å². The first kappa shape index (κ1) is 15.0. The Morgan fingerprint density at radius 3 is 2.42 bits per heavy atom. The van der Waals surface area contributed by atoms with E-state index < -0.39 is 12.1 Å². The maximum Gasteiger partial charge on any atom is 0.513 e. The topological polar surface area (TPSA) is 82.1 Å². The van der Waals surface area contributed by atoms with Crippen molar-refractivity contribution >= 4 is 12.1 Å². The molecule has 19 heavy (non-hydrogen) atoms. The molecule has 1 rings (SSSR count). The van der Waals surface area contributed by atoms with Crippen LogP contribution in [0.1, 0.15) is 23.7 Å². The van der Waals surface area contributed by atoms with Crippen LogP contribution in [0.2, 0.25) is 0 Å². The second kappa shape index (κ2) is 7.38. The summed E-state index contributed by atoms with van der Waals surface area (Å²) in [6.07, 6.45) is -0.252. The quantitative estimate of drug-likeness (QED) is 0.629. The predicted molar refractivity (Wildman–Crippen MR) is 66.5 cm³/mol. The fourth-order valence-electron chi connectivity index (χ4n) is 1.22. The Labute approximate surface area is 110 Å². The van der Waals surface area contributed by atoms with Crippen molar-refractivity contribution in [2.75, 3.05) is 13.7 Å². The van der Waals surface area contributed by atoms with Gasteiger partial charge in [0.1, 0.15) is 5.75 Å². The lowest BCUT2D eigenvalue weighted by Crippen LogP contribution is -2.15. The van der Waals surface area contributed by atoms with E-state index in [1.165, 1.54) is 24.3 Å². The van der Waals surface area contributed by atoms with Gasteiger partial charge in [-0.05, 0) is 31.2 Å². The Balaban J connectivity index is 2.38. The molecule has 0 saturated heterocycles. The average molecular weight is 268 g/mol. The van der Waals surface area contributed by atoms with Gasteiger partial charge in [0.2, 0.25) is 0 Å². The van der Waals surface area contributed by atoms with Gasteiger partial charge in [0, 0.05) is 13.5 Å². The summed E-state index contributed by atoms with van der Waals surface area (Å²) >= 11 is 0. The number of carboxylic acid groups (broad SMARTS) is 1. The Morgan fingerprint density at radius 2 is 1.89 bits per heavy atom. The number of ether oxygens (including phenoxy) is 3. The van der Waals surface area contributed by atoms with E-state index in [9.17, 15) is 9.59 Å². The summed E-state index contributed by atoms with van der Waals surface area (Å²) in [6.45, 7) is 2.06. The van der Waals surface area contributed by atoms with Crippen LogP contribution < -0.4 is 4.74 Å². The molecule has 0 bridgehead atoms. The van der Waals surface area contributed by atoms with E-state index in [-0.39, 0.29) is 24.0 Å². The maximum absolute atomic E-state index is 11.3. The van der Waals surface area contributed by atoms with Gasteiger partial charge in [0.25, 0.3) is 0 Å². The standard InChI is InChI=1S/C13H16O6/c1-9(17-2)7-8-18-13(16)19-11-5-3-10(4-6-11)12(14)15/h3-6,9H,7-8H2,1-2H3,(H,14,15). The van der Waals surface area contributed by atoms with Crippen molar-refractivity contribution in [1.29, 1.82) is 0 Å². The van der Waals surface area contributed by atoms with E-state index in [0.29, 0.717) is 6.42 Å². The van der Waals surface area contributed by atoms with E-state index in [1.54, 1.807) is 7.11 Å². The molecule has 6 heteroatoms. The summed E-state index contributed by atoms with van der Waals surface area (Å²) in [4.78, 5) is 21.9. The third kappa shape index (κ3) is 5.39. The minimum atomic E-state index is -1.04. The number of carbonyl (C=O) groups excluding carboxylic acids is 1. The zero-order chi connectivity index (χ0) is 14.3. The summed E-state index contributed by atoms with van der Waals surface area (Å²) in [5, 5.41) is 8.70. The van der Waals surface area contributed by atoms with E-state index >= 15 is 0 Å². The Kier molecular flexibility index (Phi) is 5.81. The highest BCUT2D eigenvalue weighted by molar-refractivity contribution is 5.87. The highest BCUT2D eigenvalue weighted by Gasteiger charge is 2.08. The molecule has 1 atom stereocenters. The van der Waals surface area contributed by atoms with Crippen LogP contribution in [0.15, 0.2) is 24.3 Å². The number of rotatable bonds is 6. The summed E-state index contributed by atoms with van der Waals surface area (Å²) in [5.41, 5.74) is 0.120. The first-order valence-electron chi connectivity index (χ1n) is 5.73. The van der Waals surface area contributed by atoms with Crippen molar-refractivity contribution in [3.63, 3.8) is 0 Å². The summed E-state index contributed by atoms with van der Waals surface area (Å²) in [7, 11) is 1.58. The van der Waals surface area contributed by atoms with Gasteiger partial charge >= 0.3 is 12.1 Å².